The summed E-state index contributed by atoms with van der Waals surface area (Å²) in [5.74, 6) is 0.972. The summed E-state index contributed by atoms with van der Waals surface area (Å²) in [6.45, 7) is 1.85. The average molecular weight is 186 g/mol. The van der Waals surface area contributed by atoms with Crippen molar-refractivity contribution in [2.75, 3.05) is 0 Å². The highest BCUT2D eigenvalue weighted by Gasteiger charge is 2.01. The first-order valence-electron chi connectivity index (χ1n) is 4.34. The summed E-state index contributed by atoms with van der Waals surface area (Å²) in [6.07, 6.45) is 3.40. The third-order valence-electron chi connectivity index (χ3n) is 2.02. The first kappa shape index (κ1) is 8.69. The molecule has 1 N–H and O–H groups in total. The molecule has 0 aliphatic heterocycles. The van der Waals surface area contributed by atoms with Gasteiger partial charge >= 0.3 is 0 Å². The van der Waals surface area contributed by atoms with Gasteiger partial charge in [0.2, 0.25) is 0 Å². The minimum absolute atomic E-state index is 0.296. The molecule has 0 spiro atoms. The van der Waals surface area contributed by atoms with Crippen LogP contribution in [0.1, 0.15) is 5.56 Å². The summed E-state index contributed by atoms with van der Waals surface area (Å²) < 4.78 is 0. The van der Waals surface area contributed by atoms with Crippen LogP contribution in [-0.2, 0) is 0 Å². The van der Waals surface area contributed by atoms with Crippen molar-refractivity contribution in [2.24, 2.45) is 0 Å². The van der Waals surface area contributed by atoms with Crippen molar-refractivity contribution < 1.29 is 5.11 Å². The van der Waals surface area contributed by atoms with E-state index in [9.17, 15) is 5.11 Å². The lowest BCUT2D eigenvalue weighted by molar-refractivity contribution is 0.471. The van der Waals surface area contributed by atoms with Crippen molar-refractivity contribution >= 4 is 0 Å². The van der Waals surface area contributed by atoms with Crippen LogP contribution in [0.25, 0.3) is 11.4 Å². The summed E-state index contributed by atoms with van der Waals surface area (Å²) >= 11 is 0. The van der Waals surface area contributed by atoms with Gasteiger partial charge in [0.25, 0.3) is 0 Å². The molecule has 1 heterocycles. The Labute approximate surface area is 82.1 Å². The van der Waals surface area contributed by atoms with Crippen LogP contribution in [0.4, 0.5) is 0 Å². The Bertz CT molecular complexity index is 440. The van der Waals surface area contributed by atoms with Gasteiger partial charge in [0, 0.05) is 18.0 Å². The fraction of sp³-hybridized carbons (Fsp3) is 0.0909. The number of hydrogen-bond acceptors (Lipinski definition) is 3. The van der Waals surface area contributed by atoms with Crippen LogP contribution >= 0.6 is 0 Å². The van der Waals surface area contributed by atoms with Gasteiger partial charge in [-0.05, 0) is 36.8 Å². The third-order valence-corrected chi connectivity index (χ3v) is 2.02. The van der Waals surface area contributed by atoms with Crippen LogP contribution in [-0.4, -0.2) is 15.1 Å². The lowest BCUT2D eigenvalue weighted by atomic mass is 10.1. The molecule has 14 heavy (non-hydrogen) atoms. The Balaban J connectivity index is 2.48. The van der Waals surface area contributed by atoms with Gasteiger partial charge < -0.3 is 5.11 Å². The van der Waals surface area contributed by atoms with E-state index < -0.39 is 0 Å². The van der Waals surface area contributed by atoms with Gasteiger partial charge in [-0.15, -0.1) is 0 Å². The van der Waals surface area contributed by atoms with E-state index in [4.69, 9.17) is 0 Å². The van der Waals surface area contributed by atoms with Crippen LogP contribution in [0.15, 0.2) is 36.7 Å². The number of rotatable bonds is 1. The maximum absolute atomic E-state index is 9.35. The second kappa shape index (κ2) is 3.46. The fourth-order valence-electron chi connectivity index (χ4n) is 1.24. The minimum Gasteiger partial charge on any atom is -0.508 e. The molecule has 0 unspecified atom stereocenters. The Morgan fingerprint density at radius 1 is 1.14 bits per heavy atom. The zero-order chi connectivity index (χ0) is 9.97. The molecule has 2 rings (SSSR count). The van der Waals surface area contributed by atoms with E-state index in [-0.39, 0.29) is 0 Å². The average Bonchev–Trinajstić information content (AvgIpc) is 2.23. The molecule has 0 atom stereocenters. The van der Waals surface area contributed by atoms with E-state index in [0.29, 0.717) is 11.6 Å². The number of nitrogens with zero attached hydrogens (tertiary/aromatic N) is 2. The normalized spacial score (nSPS) is 10.1. The van der Waals surface area contributed by atoms with Gasteiger partial charge in [0.15, 0.2) is 5.82 Å². The van der Waals surface area contributed by atoms with Gasteiger partial charge in [-0.2, -0.15) is 0 Å². The molecule has 0 fully saturated rings. The number of phenols is 1. The molecule has 1 aromatic heterocycles. The highest BCUT2D eigenvalue weighted by molar-refractivity contribution is 5.57. The van der Waals surface area contributed by atoms with Gasteiger partial charge in [0.1, 0.15) is 5.75 Å². The Kier molecular flexibility index (Phi) is 2.14. The lowest BCUT2D eigenvalue weighted by Gasteiger charge is -2.02. The number of hydrogen-bond donors (Lipinski definition) is 1. The third kappa shape index (κ3) is 1.57. The Hall–Kier alpha value is -1.90. The van der Waals surface area contributed by atoms with E-state index in [0.717, 1.165) is 11.1 Å². The van der Waals surface area contributed by atoms with Crippen molar-refractivity contribution in [2.45, 2.75) is 6.92 Å². The standard InChI is InChI=1S/C11H10N2O/c1-8-7-9(3-4-10(8)14)11-12-5-2-6-13-11/h2-7,14H,1H3. The van der Waals surface area contributed by atoms with E-state index in [2.05, 4.69) is 9.97 Å². The molecule has 3 nitrogen and oxygen atoms in total. The van der Waals surface area contributed by atoms with Crippen molar-refractivity contribution in [3.8, 4) is 17.1 Å². The maximum Gasteiger partial charge on any atom is 0.159 e. The number of phenolic OH excluding ortho intramolecular Hbond substituents is 1. The quantitative estimate of drug-likeness (QED) is 0.742. The number of aryl methyl sites for hydroxylation is 1. The Morgan fingerprint density at radius 2 is 1.86 bits per heavy atom. The minimum atomic E-state index is 0.296. The first-order valence-corrected chi connectivity index (χ1v) is 4.34. The number of benzene rings is 1. The van der Waals surface area contributed by atoms with Crippen LogP contribution in [0.2, 0.25) is 0 Å². The first-order chi connectivity index (χ1) is 6.77. The van der Waals surface area contributed by atoms with E-state index in [1.807, 2.05) is 13.0 Å². The van der Waals surface area contributed by atoms with E-state index in [1.54, 1.807) is 30.6 Å². The summed E-state index contributed by atoms with van der Waals surface area (Å²) in [6, 6.07) is 7.10. The number of aromatic hydroxyl groups is 1. The van der Waals surface area contributed by atoms with Crippen molar-refractivity contribution in [3.63, 3.8) is 0 Å². The molecule has 2 aromatic rings. The molecule has 0 saturated heterocycles. The second-order valence-electron chi connectivity index (χ2n) is 3.07. The monoisotopic (exact) mass is 186 g/mol. The van der Waals surface area contributed by atoms with E-state index in [1.165, 1.54) is 0 Å². The zero-order valence-electron chi connectivity index (χ0n) is 7.81. The molecule has 0 saturated carbocycles. The SMILES string of the molecule is Cc1cc(-c2ncccn2)ccc1O. The predicted octanol–water partition coefficient (Wildman–Crippen LogP) is 2.16. The molecular formula is C11H10N2O. The molecule has 0 aliphatic rings. The lowest BCUT2D eigenvalue weighted by Crippen LogP contribution is -1.87. The van der Waals surface area contributed by atoms with Crippen LogP contribution in [0.5, 0.6) is 5.75 Å². The molecule has 0 amide bonds. The van der Waals surface area contributed by atoms with Crippen LogP contribution < -0.4 is 0 Å². The largest absolute Gasteiger partial charge is 0.508 e. The molecule has 0 radical (unpaired) electrons. The van der Waals surface area contributed by atoms with Crippen LogP contribution in [0.3, 0.4) is 0 Å². The molecule has 1 aromatic carbocycles. The molecule has 0 aliphatic carbocycles. The van der Waals surface area contributed by atoms with Gasteiger partial charge in [-0.1, -0.05) is 0 Å². The highest BCUT2D eigenvalue weighted by atomic mass is 16.3. The number of aromatic nitrogens is 2. The van der Waals surface area contributed by atoms with Crippen molar-refractivity contribution in [3.05, 3.63) is 42.2 Å². The van der Waals surface area contributed by atoms with Crippen molar-refractivity contribution in [1.82, 2.24) is 9.97 Å². The maximum atomic E-state index is 9.35. The summed E-state index contributed by atoms with van der Waals surface area (Å²) in [5, 5.41) is 9.35. The second-order valence-corrected chi connectivity index (χ2v) is 3.07. The summed E-state index contributed by atoms with van der Waals surface area (Å²) in [7, 11) is 0. The smallest absolute Gasteiger partial charge is 0.159 e. The molecule has 3 heteroatoms. The van der Waals surface area contributed by atoms with Gasteiger partial charge in [-0.3, -0.25) is 0 Å². The molecular weight excluding hydrogens is 176 g/mol. The van der Waals surface area contributed by atoms with Gasteiger partial charge in [0.05, 0.1) is 0 Å². The topological polar surface area (TPSA) is 46.0 Å². The fourth-order valence-corrected chi connectivity index (χ4v) is 1.24. The zero-order valence-corrected chi connectivity index (χ0v) is 7.81. The summed E-state index contributed by atoms with van der Waals surface area (Å²) in [4.78, 5) is 8.25. The molecule has 0 bridgehead atoms. The molecule has 70 valence electrons. The Morgan fingerprint density at radius 3 is 2.50 bits per heavy atom. The van der Waals surface area contributed by atoms with Crippen LogP contribution in [0, 0.1) is 6.92 Å². The highest BCUT2D eigenvalue weighted by Crippen LogP contribution is 2.22. The van der Waals surface area contributed by atoms with Crippen molar-refractivity contribution in [1.29, 1.82) is 0 Å². The predicted molar refractivity (Wildman–Crippen MR) is 53.9 cm³/mol. The summed E-state index contributed by atoms with van der Waals surface area (Å²) in [5.41, 5.74) is 1.75. The van der Waals surface area contributed by atoms with E-state index >= 15 is 0 Å². The van der Waals surface area contributed by atoms with Gasteiger partial charge in [-0.25, -0.2) is 9.97 Å².